The van der Waals surface area contributed by atoms with E-state index in [1.165, 1.54) is 0 Å². The monoisotopic (exact) mass is 519 g/mol. The summed E-state index contributed by atoms with van der Waals surface area (Å²) in [5.41, 5.74) is -0.339. The molecule has 3 amide bonds. The highest BCUT2D eigenvalue weighted by Crippen LogP contribution is 2.44. The maximum absolute atomic E-state index is 14.0. The van der Waals surface area contributed by atoms with Gasteiger partial charge in [-0.2, -0.15) is 0 Å². The third kappa shape index (κ3) is 5.22. The summed E-state index contributed by atoms with van der Waals surface area (Å²) >= 11 is 6.21. The van der Waals surface area contributed by atoms with E-state index in [9.17, 15) is 19.2 Å². The first kappa shape index (κ1) is 26.4. The molecule has 9 nitrogen and oxygen atoms in total. The molecule has 6 atom stereocenters. The zero-order valence-corrected chi connectivity index (χ0v) is 21.8. The van der Waals surface area contributed by atoms with Crippen LogP contribution < -0.4 is 10.6 Å². The first-order valence-electron chi connectivity index (χ1n) is 12.5. The Hall–Kier alpha value is -2.65. The molecule has 1 saturated carbocycles. The van der Waals surface area contributed by atoms with Crippen molar-refractivity contribution in [2.75, 3.05) is 6.61 Å². The van der Waals surface area contributed by atoms with Gasteiger partial charge in [0.25, 0.3) is 5.91 Å². The summed E-state index contributed by atoms with van der Waals surface area (Å²) in [5, 5.41) is 6.08. The molecule has 4 rings (SSSR count). The van der Waals surface area contributed by atoms with Crippen LogP contribution in [0.25, 0.3) is 0 Å². The molecule has 2 aliphatic heterocycles. The number of halogens is 1. The van der Waals surface area contributed by atoms with Gasteiger partial charge in [0.2, 0.25) is 18.1 Å². The van der Waals surface area contributed by atoms with Crippen molar-refractivity contribution in [1.29, 1.82) is 0 Å². The zero-order chi connectivity index (χ0) is 26.2. The highest BCUT2D eigenvalue weighted by Gasteiger charge is 2.54. The second-order valence-corrected chi connectivity index (χ2v) is 11.2. The summed E-state index contributed by atoms with van der Waals surface area (Å²) in [6.07, 6.45) is 1.56. The highest BCUT2D eigenvalue weighted by atomic mass is 35.5. The lowest BCUT2D eigenvalue weighted by Crippen LogP contribution is -2.62. The third-order valence-corrected chi connectivity index (χ3v) is 7.57. The largest absolute Gasteiger partial charge is 0.433 e. The van der Waals surface area contributed by atoms with E-state index in [1.54, 1.807) is 36.1 Å². The number of nitrogens with one attached hydrogen (secondary N) is 2. The molecule has 0 aromatic heterocycles. The molecule has 0 spiro atoms. The van der Waals surface area contributed by atoms with Gasteiger partial charge in [0.1, 0.15) is 18.1 Å². The van der Waals surface area contributed by atoms with E-state index in [1.807, 2.05) is 20.8 Å². The number of fused-ring (bicyclic) bond motifs is 2. The van der Waals surface area contributed by atoms with Crippen molar-refractivity contribution in [3.05, 3.63) is 34.9 Å². The molecule has 10 heteroatoms. The van der Waals surface area contributed by atoms with Crippen molar-refractivity contribution in [3.63, 3.8) is 0 Å². The van der Waals surface area contributed by atoms with Crippen LogP contribution in [0.2, 0.25) is 5.02 Å². The molecule has 2 N–H and O–H groups in total. The number of ether oxygens (including phenoxy) is 2. The normalized spacial score (nSPS) is 28.1. The number of likely N-dealkylation sites (tertiary alicyclic amines) is 1. The summed E-state index contributed by atoms with van der Waals surface area (Å²) in [5.74, 6) is -1.48. The highest BCUT2D eigenvalue weighted by molar-refractivity contribution is 6.33. The molecule has 2 heterocycles. The lowest BCUT2D eigenvalue weighted by Gasteiger charge is -2.40. The molecule has 196 valence electrons. The summed E-state index contributed by atoms with van der Waals surface area (Å²) in [7, 11) is 0. The van der Waals surface area contributed by atoms with Crippen LogP contribution in [-0.4, -0.2) is 65.7 Å². The summed E-state index contributed by atoms with van der Waals surface area (Å²) < 4.78 is 10.6. The van der Waals surface area contributed by atoms with E-state index in [0.717, 1.165) is 19.3 Å². The van der Waals surface area contributed by atoms with Crippen molar-refractivity contribution >= 4 is 35.3 Å². The van der Waals surface area contributed by atoms with Gasteiger partial charge in [-0.15, -0.1) is 0 Å². The van der Waals surface area contributed by atoms with Crippen LogP contribution in [-0.2, 0) is 23.9 Å². The van der Waals surface area contributed by atoms with Gasteiger partial charge in [0.15, 0.2) is 0 Å². The number of rotatable bonds is 7. The predicted octanol–water partition coefficient (Wildman–Crippen LogP) is 2.66. The number of carbonyl (C=O) groups excluding carboxylic acids is 4. The minimum atomic E-state index is -0.872. The number of piperidine rings is 1. The standard InChI is InChI=1S/C26H34ClN3O6/c1-5-35-25-18(13-19(31)36-25)28-23(33)20-14-10-11-15(12-14)30(20)24(34)21(26(2,3)4)29-22(32)16-8-6-7-9-17(16)27/h6-9,14-15,18,20-21,25H,5,10-13H2,1-4H3,(H,28,33)(H,29,32)/t14-,15-,18?,20-,21+,25+/m0/s1. The van der Waals surface area contributed by atoms with Crippen LogP contribution in [0.15, 0.2) is 24.3 Å². The number of nitrogens with zero attached hydrogens (tertiary/aromatic N) is 1. The number of esters is 1. The Balaban J connectivity index is 1.55. The molecule has 1 aliphatic carbocycles. The van der Waals surface area contributed by atoms with Gasteiger partial charge in [-0.1, -0.05) is 44.5 Å². The Morgan fingerprint density at radius 2 is 1.94 bits per heavy atom. The van der Waals surface area contributed by atoms with Crippen molar-refractivity contribution in [3.8, 4) is 0 Å². The van der Waals surface area contributed by atoms with Gasteiger partial charge in [0.05, 0.1) is 17.0 Å². The second kappa shape index (κ2) is 10.4. The zero-order valence-electron chi connectivity index (χ0n) is 21.1. The molecule has 2 saturated heterocycles. The number of cyclic esters (lactones) is 1. The van der Waals surface area contributed by atoms with Gasteiger partial charge in [-0.25, -0.2) is 0 Å². The average Bonchev–Trinajstić information content (AvgIpc) is 3.51. The quantitative estimate of drug-likeness (QED) is 0.535. The fraction of sp³-hybridized carbons (Fsp3) is 0.615. The van der Waals surface area contributed by atoms with Gasteiger partial charge in [0, 0.05) is 12.6 Å². The number of benzene rings is 1. The molecule has 36 heavy (non-hydrogen) atoms. The molecule has 1 aromatic rings. The maximum Gasteiger partial charge on any atom is 0.310 e. The number of amides is 3. The van der Waals surface area contributed by atoms with Gasteiger partial charge in [-0.05, 0) is 49.7 Å². The number of hydrogen-bond donors (Lipinski definition) is 2. The van der Waals surface area contributed by atoms with E-state index in [0.29, 0.717) is 11.6 Å². The number of carbonyl (C=O) groups is 4. The Morgan fingerprint density at radius 1 is 1.22 bits per heavy atom. The molecule has 2 bridgehead atoms. The van der Waals surface area contributed by atoms with E-state index in [4.69, 9.17) is 21.1 Å². The van der Waals surface area contributed by atoms with Crippen LogP contribution in [0.5, 0.6) is 0 Å². The third-order valence-electron chi connectivity index (χ3n) is 7.24. The fourth-order valence-corrected chi connectivity index (χ4v) is 5.75. The smallest absolute Gasteiger partial charge is 0.310 e. The average molecular weight is 520 g/mol. The Morgan fingerprint density at radius 3 is 2.61 bits per heavy atom. The van der Waals surface area contributed by atoms with Crippen molar-refractivity contribution in [2.24, 2.45) is 11.3 Å². The Labute approximate surface area is 216 Å². The second-order valence-electron chi connectivity index (χ2n) is 10.8. The molecular formula is C26H34ClN3O6. The van der Waals surface area contributed by atoms with Crippen molar-refractivity contribution in [1.82, 2.24) is 15.5 Å². The minimum Gasteiger partial charge on any atom is -0.433 e. The molecule has 3 fully saturated rings. The van der Waals surface area contributed by atoms with Crippen LogP contribution in [0.1, 0.15) is 63.7 Å². The maximum atomic E-state index is 14.0. The Kier molecular flexibility index (Phi) is 7.61. The minimum absolute atomic E-state index is 0.0161. The van der Waals surface area contributed by atoms with Crippen LogP contribution >= 0.6 is 11.6 Å². The van der Waals surface area contributed by atoms with E-state index >= 15 is 0 Å². The SMILES string of the molecule is CCO[C@@H]1OC(=O)CC1NC(=O)[C@@H]1[C@H]2CC[C@@H](C2)N1C(=O)[C@@H](NC(=O)c1ccccc1Cl)C(C)(C)C. The van der Waals surface area contributed by atoms with Crippen LogP contribution in [0, 0.1) is 11.3 Å². The molecule has 1 aromatic carbocycles. The summed E-state index contributed by atoms with van der Waals surface area (Å²) in [4.78, 5) is 54.0. The lowest BCUT2D eigenvalue weighted by atomic mass is 9.84. The topological polar surface area (TPSA) is 114 Å². The van der Waals surface area contributed by atoms with E-state index < -0.39 is 41.7 Å². The van der Waals surface area contributed by atoms with Crippen molar-refractivity contribution < 1.29 is 28.7 Å². The molecule has 0 radical (unpaired) electrons. The Bertz CT molecular complexity index is 1040. The predicted molar refractivity (Wildman–Crippen MR) is 132 cm³/mol. The summed E-state index contributed by atoms with van der Waals surface area (Å²) in [6, 6.07) is 4.42. The van der Waals surface area contributed by atoms with Gasteiger partial charge < -0.3 is 25.0 Å². The van der Waals surface area contributed by atoms with Crippen LogP contribution in [0.4, 0.5) is 0 Å². The molecular weight excluding hydrogens is 486 g/mol. The summed E-state index contributed by atoms with van der Waals surface area (Å²) in [6.45, 7) is 7.74. The fourth-order valence-electron chi connectivity index (χ4n) is 5.53. The van der Waals surface area contributed by atoms with E-state index in [2.05, 4.69) is 10.6 Å². The molecule has 1 unspecified atom stereocenters. The molecule has 3 aliphatic rings. The van der Waals surface area contributed by atoms with Crippen molar-refractivity contribution in [2.45, 2.75) is 83.8 Å². The first-order valence-corrected chi connectivity index (χ1v) is 12.9. The number of hydrogen-bond acceptors (Lipinski definition) is 6. The van der Waals surface area contributed by atoms with Gasteiger partial charge >= 0.3 is 5.97 Å². The lowest BCUT2D eigenvalue weighted by molar-refractivity contribution is -0.165. The first-order chi connectivity index (χ1) is 17.0. The van der Waals surface area contributed by atoms with Crippen LogP contribution in [0.3, 0.4) is 0 Å². The van der Waals surface area contributed by atoms with E-state index in [-0.39, 0.29) is 35.8 Å². The van der Waals surface area contributed by atoms with Gasteiger partial charge in [-0.3, -0.25) is 19.2 Å².